The lowest BCUT2D eigenvalue weighted by Crippen LogP contribution is -2.05. The molecule has 0 fully saturated rings. The van der Waals surface area contributed by atoms with Crippen molar-refractivity contribution in [3.8, 4) is 0 Å². The third-order valence-electron chi connectivity index (χ3n) is 2.70. The van der Waals surface area contributed by atoms with Crippen molar-refractivity contribution < 1.29 is 29.3 Å². The van der Waals surface area contributed by atoms with Crippen LogP contribution in [0.25, 0.3) is 0 Å². The van der Waals surface area contributed by atoms with E-state index in [1.54, 1.807) is 0 Å². The fraction of sp³-hybridized carbons (Fsp3) is 0. The molecule has 3 nitrogen and oxygen atoms in total. The molecule has 0 aliphatic carbocycles. The number of carbonyl (C=O) groups is 1. The van der Waals surface area contributed by atoms with Crippen molar-refractivity contribution >= 4 is 27.6 Å². The highest BCUT2D eigenvalue weighted by Crippen LogP contribution is 3.02. The number of rotatable bonds is 4. The summed E-state index contributed by atoms with van der Waals surface area (Å²) in [5, 5.41) is 11.5. The van der Waals surface area contributed by atoms with Crippen molar-refractivity contribution in [2.45, 2.75) is 4.90 Å². The number of carboxylic acid groups (broad SMARTS) is 1. The molecule has 0 saturated heterocycles. The van der Waals surface area contributed by atoms with E-state index >= 15 is 0 Å². The minimum Gasteiger partial charge on any atom is -0.478 e. The van der Waals surface area contributed by atoms with Gasteiger partial charge in [-0.15, -0.1) is 0 Å². The van der Waals surface area contributed by atoms with Crippen LogP contribution in [0.3, 0.4) is 0 Å². The Morgan fingerprint density at radius 1 is 0.909 bits per heavy atom. The van der Waals surface area contributed by atoms with Gasteiger partial charge in [-0.05, 0) is 42.5 Å². The summed E-state index contributed by atoms with van der Waals surface area (Å²) in [6.45, 7) is 0. The summed E-state index contributed by atoms with van der Waals surface area (Å²) in [5.41, 5.74) is 0.404. The van der Waals surface area contributed by atoms with Gasteiger partial charge in [-0.25, -0.2) is 4.79 Å². The largest absolute Gasteiger partial charge is 0.478 e. The normalized spacial score (nSPS) is 14.8. The van der Waals surface area contributed by atoms with Gasteiger partial charge in [0.25, 0.3) is 0 Å². The molecule has 0 amide bonds. The zero-order valence-electron chi connectivity index (χ0n) is 10.8. The van der Waals surface area contributed by atoms with Gasteiger partial charge in [-0.1, -0.05) is 25.5 Å². The van der Waals surface area contributed by atoms with E-state index in [4.69, 9.17) is 5.11 Å². The number of anilines is 2. The van der Waals surface area contributed by atoms with Crippen LogP contribution in [0.5, 0.6) is 0 Å². The second-order valence-corrected chi connectivity index (χ2v) is 6.91. The molecule has 0 heterocycles. The van der Waals surface area contributed by atoms with E-state index in [2.05, 4.69) is 5.32 Å². The highest BCUT2D eigenvalue weighted by atomic mass is 32.5. The number of aromatic carboxylic acids is 1. The molecule has 0 unspecified atom stereocenters. The maximum absolute atomic E-state index is 12.6. The smallest absolute Gasteiger partial charge is 0.335 e. The second-order valence-electron chi connectivity index (χ2n) is 4.50. The lowest BCUT2D eigenvalue weighted by Gasteiger charge is -2.40. The Balaban J connectivity index is 2.26. The van der Waals surface area contributed by atoms with Gasteiger partial charge in [0.05, 0.1) is 5.56 Å². The molecule has 22 heavy (non-hydrogen) atoms. The molecule has 2 aromatic carbocycles. The lowest BCUT2D eigenvalue weighted by atomic mass is 10.2. The van der Waals surface area contributed by atoms with Crippen LogP contribution in [0.4, 0.5) is 30.8 Å². The molecule has 120 valence electrons. The van der Waals surface area contributed by atoms with Crippen LogP contribution in [-0.4, -0.2) is 11.1 Å². The molecule has 0 bridgehead atoms. The van der Waals surface area contributed by atoms with Crippen molar-refractivity contribution in [1.29, 1.82) is 0 Å². The fourth-order valence-corrected chi connectivity index (χ4v) is 2.34. The van der Waals surface area contributed by atoms with Gasteiger partial charge in [0, 0.05) is 11.4 Å². The molecule has 0 aliphatic heterocycles. The van der Waals surface area contributed by atoms with Gasteiger partial charge in [0.15, 0.2) is 0 Å². The van der Waals surface area contributed by atoms with E-state index in [-0.39, 0.29) is 23.4 Å². The summed E-state index contributed by atoms with van der Waals surface area (Å²) in [4.78, 5) is 8.82. The van der Waals surface area contributed by atoms with E-state index in [1.165, 1.54) is 24.3 Å². The van der Waals surface area contributed by atoms with E-state index in [1.807, 2.05) is 0 Å². The molecule has 0 spiro atoms. The van der Waals surface area contributed by atoms with Crippen molar-refractivity contribution in [3.63, 3.8) is 0 Å². The van der Waals surface area contributed by atoms with Crippen molar-refractivity contribution in [2.75, 3.05) is 5.32 Å². The second kappa shape index (κ2) is 4.35. The van der Waals surface area contributed by atoms with Gasteiger partial charge in [-0.3, -0.25) is 0 Å². The van der Waals surface area contributed by atoms with Crippen LogP contribution in [0.15, 0.2) is 53.4 Å². The molecule has 0 atom stereocenters. The maximum atomic E-state index is 12.6. The average molecular weight is 339 g/mol. The van der Waals surface area contributed by atoms with Gasteiger partial charge in [0.1, 0.15) is 4.90 Å². The van der Waals surface area contributed by atoms with Gasteiger partial charge >= 0.3 is 16.2 Å². The molecule has 9 heteroatoms. The molecular formula is C13H10F5NO2S. The first-order chi connectivity index (χ1) is 9.85. The zero-order chi connectivity index (χ0) is 16.7. The summed E-state index contributed by atoms with van der Waals surface area (Å²) < 4.78 is 62.8. The summed E-state index contributed by atoms with van der Waals surface area (Å²) in [6.07, 6.45) is 0. The Hall–Kier alpha value is -2.29. The predicted molar refractivity (Wildman–Crippen MR) is 74.5 cm³/mol. The third kappa shape index (κ3) is 3.88. The molecule has 2 aromatic rings. The van der Waals surface area contributed by atoms with E-state index in [0.29, 0.717) is 5.69 Å². The minimum atomic E-state index is -9.68. The number of benzene rings is 2. The highest BCUT2D eigenvalue weighted by Gasteiger charge is 2.65. The van der Waals surface area contributed by atoms with Gasteiger partial charge in [-0.2, -0.15) is 0 Å². The number of nitrogens with one attached hydrogen (secondary N) is 1. The van der Waals surface area contributed by atoms with Gasteiger partial charge < -0.3 is 10.4 Å². The van der Waals surface area contributed by atoms with Crippen molar-refractivity contribution in [2.24, 2.45) is 0 Å². The van der Waals surface area contributed by atoms with Crippen LogP contribution < -0.4 is 5.32 Å². The zero-order valence-corrected chi connectivity index (χ0v) is 11.6. The Labute approximate surface area is 122 Å². The first kappa shape index (κ1) is 16.1. The molecule has 0 radical (unpaired) electrons. The van der Waals surface area contributed by atoms with E-state index in [0.717, 1.165) is 12.1 Å². The number of carboxylic acids is 1. The lowest BCUT2D eigenvalue weighted by molar-refractivity contribution is 0.0697. The topological polar surface area (TPSA) is 49.3 Å². The highest BCUT2D eigenvalue weighted by molar-refractivity contribution is 8.45. The first-order valence-electron chi connectivity index (χ1n) is 5.80. The Kier molecular flexibility index (Phi) is 3.18. The standard InChI is InChI=1S/C13H10F5NO2S/c14-22(15,16,17,18)12-6-4-10(5-7-12)19-11-3-1-2-9(8-11)13(20)21/h1-8,19H,(H,20,21). The SMILES string of the molecule is O=C(O)c1cccc(Nc2ccc(S(F)(F)(F)(F)F)cc2)c1. The van der Waals surface area contributed by atoms with Crippen LogP contribution in [0, 0.1) is 0 Å². The maximum Gasteiger partial charge on any atom is 0.335 e. The number of hydrogen-bond acceptors (Lipinski definition) is 2. The molecular weight excluding hydrogens is 329 g/mol. The summed E-state index contributed by atoms with van der Waals surface area (Å²) in [7, 11) is -9.68. The van der Waals surface area contributed by atoms with Crippen molar-refractivity contribution in [3.05, 3.63) is 54.1 Å². The monoisotopic (exact) mass is 339 g/mol. The molecule has 0 saturated carbocycles. The number of halogens is 5. The number of hydrogen-bond donors (Lipinski definition) is 2. The molecule has 0 aromatic heterocycles. The van der Waals surface area contributed by atoms with E-state index in [9.17, 15) is 24.2 Å². The van der Waals surface area contributed by atoms with Crippen LogP contribution >= 0.6 is 10.2 Å². The predicted octanol–water partition coefficient (Wildman–Crippen LogP) is 5.79. The average Bonchev–Trinajstić information content (AvgIpc) is 2.37. The first-order valence-corrected chi connectivity index (χ1v) is 7.75. The van der Waals surface area contributed by atoms with Crippen molar-refractivity contribution in [1.82, 2.24) is 0 Å². The molecule has 2 rings (SSSR count). The fourth-order valence-electron chi connectivity index (χ4n) is 1.69. The molecule has 2 N–H and O–H groups in total. The van der Waals surface area contributed by atoms with Gasteiger partial charge in [0.2, 0.25) is 0 Å². The summed E-state index contributed by atoms with van der Waals surface area (Å²) in [6, 6.07) is 7.79. The Bertz CT molecular complexity index is 728. The van der Waals surface area contributed by atoms with Crippen LogP contribution in [-0.2, 0) is 0 Å². The summed E-state index contributed by atoms with van der Waals surface area (Å²) >= 11 is 0. The summed E-state index contributed by atoms with van der Waals surface area (Å²) in [5.74, 6) is -1.17. The third-order valence-corrected chi connectivity index (χ3v) is 3.86. The van der Waals surface area contributed by atoms with E-state index < -0.39 is 21.1 Å². The molecule has 0 aliphatic rings. The van der Waals surface area contributed by atoms with Crippen LogP contribution in [0.1, 0.15) is 10.4 Å². The Morgan fingerprint density at radius 3 is 2.00 bits per heavy atom. The van der Waals surface area contributed by atoms with Crippen LogP contribution in [0.2, 0.25) is 0 Å². The minimum absolute atomic E-state index is 0.0198. The Morgan fingerprint density at radius 2 is 1.50 bits per heavy atom. The quantitative estimate of drug-likeness (QED) is 0.694.